The standard InChI is InChI=1S/C17H19BrIN/c1-20-12-15(10-13-2-6-16(18)7-3-13)11-14-4-8-17(19)9-5-14/h2-9,15,20H,10-12H2,1H3. The number of hydrogen-bond donors (Lipinski definition) is 1. The van der Waals surface area contributed by atoms with Crippen LogP contribution in [0.1, 0.15) is 11.1 Å². The molecule has 0 aliphatic heterocycles. The van der Waals surface area contributed by atoms with E-state index in [1.165, 1.54) is 14.7 Å². The maximum Gasteiger partial charge on any atom is 0.0175 e. The summed E-state index contributed by atoms with van der Waals surface area (Å²) < 4.78 is 2.44. The van der Waals surface area contributed by atoms with E-state index < -0.39 is 0 Å². The SMILES string of the molecule is CNCC(Cc1ccc(Br)cc1)Cc1ccc(I)cc1. The molecule has 1 N–H and O–H groups in total. The van der Waals surface area contributed by atoms with Gasteiger partial charge in [-0.2, -0.15) is 0 Å². The molecule has 0 aromatic heterocycles. The molecular formula is C17H19BrIN. The van der Waals surface area contributed by atoms with Crippen molar-refractivity contribution in [1.29, 1.82) is 0 Å². The predicted molar refractivity (Wildman–Crippen MR) is 98.1 cm³/mol. The van der Waals surface area contributed by atoms with Gasteiger partial charge < -0.3 is 5.32 Å². The zero-order chi connectivity index (χ0) is 14.4. The quantitative estimate of drug-likeness (QED) is 0.639. The van der Waals surface area contributed by atoms with Gasteiger partial charge in [-0.25, -0.2) is 0 Å². The Labute approximate surface area is 143 Å². The summed E-state index contributed by atoms with van der Waals surface area (Å²) in [7, 11) is 2.03. The van der Waals surface area contributed by atoms with Crippen LogP contribution in [0.3, 0.4) is 0 Å². The summed E-state index contributed by atoms with van der Waals surface area (Å²) in [5.41, 5.74) is 2.82. The van der Waals surface area contributed by atoms with Gasteiger partial charge in [0.25, 0.3) is 0 Å². The zero-order valence-electron chi connectivity index (χ0n) is 11.6. The molecule has 2 aromatic rings. The topological polar surface area (TPSA) is 12.0 Å². The van der Waals surface area contributed by atoms with E-state index >= 15 is 0 Å². The van der Waals surface area contributed by atoms with Crippen LogP contribution < -0.4 is 5.32 Å². The number of benzene rings is 2. The Morgan fingerprint density at radius 2 is 1.45 bits per heavy atom. The Kier molecular flexibility index (Phi) is 6.52. The smallest absolute Gasteiger partial charge is 0.0175 e. The Morgan fingerprint density at radius 3 is 1.95 bits per heavy atom. The van der Waals surface area contributed by atoms with Gasteiger partial charge >= 0.3 is 0 Å². The van der Waals surface area contributed by atoms with E-state index in [0.29, 0.717) is 5.92 Å². The summed E-state index contributed by atoms with van der Waals surface area (Å²) in [6.07, 6.45) is 2.23. The predicted octanol–water partition coefficient (Wildman–Crippen LogP) is 4.67. The van der Waals surface area contributed by atoms with Crippen molar-refractivity contribution >= 4 is 38.5 Å². The van der Waals surface area contributed by atoms with Crippen LogP contribution in [0.5, 0.6) is 0 Å². The normalized spacial score (nSPS) is 12.3. The van der Waals surface area contributed by atoms with E-state index in [1.807, 2.05) is 7.05 Å². The van der Waals surface area contributed by atoms with Gasteiger partial charge in [-0.15, -0.1) is 0 Å². The third-order valence-electron chi connectivity index (χ3n) is 3.37. The number of rotatable bonds is 6. The maximum atomic E-state index is 3.49. The fourth-order valence-corrected chi connectivity index (χ4v) is 3.04. The molecule has 0 radical (unpaired) electrons. The molecule has 1 unspecified atom stereocenters. The van der Waals surface area contributed by atoms with Crippen molar-refractivity contribution in [3.05, 3.63) is 67.7 Å². The van der Waals surface area contributed by atoms with Gasteiger partial charge in [0.1, 0.15) is 0 Å². The monoisotopic (exact) mass is 443 g/mol. The van der Waals surface area contributed by atoms with E-state index in [-0.39, 0.29) is 0 Å². The number of nitrogens with one attached hydrogen (secondary N) is 1. The minimum Gasteiger partial charge on any atom is -0.319 e. The molecule has 106 valence electrons. The number of halogens is 2. The molecular weight excluding hydrogens is 425 g/mol. The van der Waals surface area contributed by atoms with Crippen molar-refractivity contribution in [2.75, 3.05) is 13.6 Å². The molecule has 0 aliphatic carbocycles. The second-order valence-electron chi connectivity index (χ2n) is 5.08. The molecule has 1 nitrogen and oxygen atoms in total. The van der Waals surface area contributed by atoms with Gasteiger partial charge in [0, 0.05) is 8.04 Å². The summed E-state index contributed by atoms with van der Waals surface area (Å²) in [4.78, 5) is 0. The summed E-state index contributed by atoms with van der Waals surface area (Å²) in [5.74, 6) is 0.626. The average molecular weight is 444 g/mol. The van der Waals surface area contributed by atoms with E-state index in [0.717, 1.165) is 23.9 Å². The highest BCUT2D eigenvalue weighted by Crippen LogP contribution is 2.17. The van der Waals surface area contributed by atoms with Crippen molar-refractivity contribution in [3.8, 4) is 0 Å². The molecule has 0 aliphatic rings. The van der Waals surface area contributed by atoms with Crippen LogP contribution in [0.4, 0.5) is 0 Å². The average Bonchev–Trinajstić information content (AvgIpc) is 2.44. The summed E-state index contributed by atoms with van der Waals surface area (Å²) in [6.45, 7) is 1.04. The Hall–Kier alpha value is -0.390. The van der Waals surface area contributed by atoms with Gasteiger partial charge in [0.15, 0.2) is 0 Å². The lowest BCUT2D eigenvalue weighted by molar-refractivity contribution is 0.493. The van der Waals surface area contributed by atoms with Crippen LogP contribution in [-0.4, -0.2) is 13.6 Å². The highest BCUT2D eigenvalue weighted by atomic mass is 127. The minimum absolute atomic E-state index is 0.626. The zero-order valence-corrected chi connectivity index (χ0v) is 15.3. The first-order valence-corrected chi connectivity index (χ1v) is 8.68. The molecule has 1 atom stereocenters. The van der Waals surface area contributed by atoms with Crippen LogP contribution in [0.2, 0.25) is 0 Å². The lowest BCUT2D eigenvalue weighted by atomic mass is 9.92. The molecule has 2 rings (SSSR count). The van der Waals surface area contributed by atoms with Crippen LogP contribution in [0.25, 0.3) is 0 Å². The van der Waals surface area contributed by atoms with E-state index in [9.17, 15) is 0 Å². The second-order valence-corrected chi connectivity index (χ2v) is 7.25. The van der Waals surface area contributed by atoms with Gasteiger partial charge in [0.2, 0.25) is 0 Å². The third kappa shape index (κ3) is 5.19. The van der Waals surface area contributed by atoms with Crippen molar-refractivity contribution in [2.45, 2.75) is 12.8 Å². The lowest BCUT2D eigenvalue weighted by Gasteiger charge is -2.17. The third-order valence-corrected chi connectivity index (χ3v) is 4.62. The minimum atomic E-state index is 0.626. The Balaban J connectivity index is 2.02. The molecule has 0 saturated carbocycles. The van der Waals surface area contributed by atoms with Crippen molar-refractivity contribution in [1.82, 2.24) is 5.32 Å². The molecule has 2 aromatic carbocycles. The van der Waals surface area contributed by atoms with E-state index in [4.69, 9.17) is 0 Å². The maximum absolute atomic E-state index is 3.49. The highest BCUT2D eigenvalue weighted by Gasteiger charge is 2.10. The van der Waals surface area contributed by atoms with Crippen molar-refractivity contribution < 1.29 is 0 Å². The van der Waals surface area contributed by atoms with Gasteiger partial charge in [-0.05, 0) is 90.3 Å². The van der Waals surface area contributed by atoms with Crippen LogP contribution in [-0.2, 0) is 12.8 Å². The fourth-order valence-electron chi connectivity index (χ4n) is 2.41. The van der Waals surface area contributed by atoms with Crippen LogP contribution >= 0.6 is 38.5 Å². The van der Waals surface area contributed by atoms with Crippen LogP contribution in [0, 0.1) is 9.49 Å². The Morgan fingerprint density at radius 1 is 0.950 bits per heavy atom. The lowest BCUT2D eigenvalue weighted by Crippen LogP contribution is -2.22. The molecule has 0 saturated heterocycles. The number of hydrogen-bond acceptors (Lipinski definition) is 1. The molecule has 0 spiro atoms. The molecule has 3 heteroatoms. The molecule has 20 heavy (non-hydrogen) atoms. The Bertz CT molecular complexity index is 474. The first-order chi connectivity index (χ1) is 9.67. The van der Waals surface area contributed by atoms with Crippen LogP contribution in [0.15, 0.2) is 53.0 Å². The highest BCUT2D eigenvalue weighted by molar-refractivity contribution is 14.1. The molecule has 0 heterocycles. The van der Waals surface area contributed by atoms with Gasteiger partial charge in [-0.1, -0.05) is 40.2 Å². The van der Waals surface area contributed by atoms with E-state index in [2.05, 4.69) is 92.4 Å². The largest absolute Gasteiger partial charge is 0.319 e. The van der Waals surface area contributed by atoms with Gasteiger partial charge in [-0.3, -0.25) is 0 Å². The first kappa shape index (κ1) is 16.0. The molecule has 0 fully saturated rings. The van der Waals surface area contributed by atoms with Crippen molar-refractivity contribution in [3.63, 3.8) is 0 Å². The summed E-state index contributed by atoms with van der Waals surface area (Å²) in [6, 6.07) is 17.5. The molecule has 0 amide bonds. The summed E-state index contributed by atoms with van der Waals surface area (Å²) in [5, 5.41) is 3.32. The first-order valence-electron chi connectivity index (χ1n) is 6.81. The molecule has 0 bridgehead atoms. The van der Waals surface area contributed by atoms with Crippen molar-refractivity contribution in [2.24, 2.45) is 5.92 Å². The van der Waals surface area contributed by atoms with Gasteiger partial charge in [0.05, 0.1) is 0 Å². The fraction of sp³-hybridized carbons (Fsp3) is 0.294. The second kappa shape index (κ2) is 8.15. The summed E-state index contributed by atoms with van der Waals surface area (Å²) >= 11 is 5.84. The van der Waals surface area contributed by atoms with E-state index in [1.54, 1.807) is 0 Å².